The highest BCUT2D eigenvalue weighted by atomic mass is 16.8. The number of aliphatic hydroxyl groups excluding tert-OH is 9. The summed E-state index contributed by atoms with van der Waals surface area (Å²) in [6, 6.07) is 16.5. The van der Waals surface area contributed by atoms with E-state index in [0.29, 0.717) is 11.1 Å². The highest BCUT2D eigenvalue weighted by molar-refractivity contribution is 5.88. The number of carbonyl (C=O) groups is 1. The van der Waals surface area contributed by atoms with Crippen LogP contribution in [0.2, 0.25) is 0 Å². The van der Waals surface area contributed by atoms with Crippen molar-refractivity contribution in [1.29, 1.82) is 0 Å². The molecule has 26 heteroatoms. The second kappa shape index (κ2) is 24.5. The van der Waals surface area contributed by atoms with Crippen molar-refractivity contribution in [3.8, 4) is 62.9 Å². The largest absolute Gasteiger partial charge is 0.510 e. The molecule has 1 aliphatic carbocycles. The molecule has 0 aromatic heterocycles. The number of hydrogen-bond acceptors (Lipinski definition) is 25. The summed E-state index contributed by atoms with van der Waals surface area (Å²) in [5.74, 6) is -3.96. The molecule has 15 atom stereocenters. The zero-order chi connectivity index (χ0) is 56.1. The van der Waals surface area contributed by atoms with Gasteiger partial charge in [0.1, 0.15) is 84.9 Å². The second-order valence-corrected chi connectivity index (χ2v) is 18.0. The van der Waals surface area contributed by atoms with Gasteiger partial charge in [0.2, 0.25) is 19.2 Å². The maximum absolute atomic E-state index is 13.1. The van der Waals surface area contributed by atoms with Crippen molar-refractivity contribution in [2.24, 2.45) is 0 Å². The van der Waals surface area contributed by atoms with Gasteiger partial charge in [-0.25, -0.2) is 4.79 Å². The smallest absolute Gasteiger partial charge is 0.508 e. The number of fused-ring (bicyclic) bond motifs is 1. The molecule has 26 nitrogen and oxygen atoms in total. The first-order chi connectivity index (χ1) is 37.2. The van der Waals surface area contributed by atoms with Crippen molar-refractivity contribution in [3.05, 3.63) is 112 Å². The minimum atomic E-state index is -2.13. The molecule has 0 amide bonds. The molecule has 3 aromatic rings. The van der Waals surface area contributed by atoms with Gasteiger partial charge in [-0.1, -0.05) is 12.1 Å². The lowest BCUT2D eigenvalue weighted by atomic mass is 9.97. The average molecular weight is 1100 g/mol. The Bertz CT molecular complexity index is 2980. The third-order valence-electron chi connectivity index (χ3n) is 12.7. The number of ether oxygens (including phenoxy) is 9. The quantitative estimate of drug-likeness (QED) is 0.0228. The molecule has 0 radical (unpaired) electrons. The first-order valence-corrected chi connectivity index (χ1v) is 23.8. The van der Waals surface area contributed by atoms with Gasteiger partial charge in [0, 0.05) is 23.8 Å². The van der Waals surface area contributed by atoms with E-state index >= 15 is 0 Å². The maximum Gasteiger partial charge on any atom is 0.510 e. The van der Waals surface area contributed by atoms with Crippen molar-refractivity contribution < 1.29 is 123 Å². The normalized spacial score (nSPS) is 29.3. The van der Waals surface area contributed by atoms with Crippen molar-refractivity contribution in [1.82, 2.24) is 0 Å². The molecule has 0 spiro atoms. The number of benzene rings is 4. The second-order valence-electron chi connectivity index (χ2n) is 18.0. The van der Waals surface area contributed by atoms with Crippen LogP contribution in [0.5, 0.6) is 40.2 Å². The number of rotatable bonds is 17. The van der Waals surface area contributed by atoms with Gasteiger partial charge in [0.15, 0.2) is 58.4 Å². The van der Waals surface area contributed by atoms with E-state index in [9.17, 15) is 80.8 Å². The fraction of sp³-hybridized carbons (Fsp3) is 0.365. The SMILES string of the molecule is COc1cc(C=CC(=O)OC[C@H]2OC(O[C@H]3[C@H](Oc4cc5c(O[C@@H]6O[C@H](CO)[C@@H](O)[C@H](O)[C@H]6O)cc(=O)cc-5oc4-c4ccc(O)cc4)O[C@H](COC(=[OH+])C=Cc4ccc(O)c(O)c4)[C@@H](O)[C@@H]3O)[C@H](O)[C@@H](O)[C@@H]2O)ccc1O. The van der Waals surface area contributed by atoms with E-state index in [2.05, 4.69) is 0 Å². The molecule has 4 aliphatic heterocycles. The van der Waals surface area contributed by atoms with E-state index < -0.39 is 141 Å². The van der Waals surface area contributed by atoms with Crippen LogP contribution in [0, 0.1) is 0 Å². The van der Waals surface area contributed by atoms with Crippen LogP contribution in [-0.4, -0.2) is 202 Å². The first-order valence-electron chi connectivity index (χ1n) is 23.8. The van der Waals surface area contributed by atoms with Crippen LogP contribution < -0.4 is 19.6 Å². The van der Waals surface area contributed by atoms with Crippen molar-refractivity contribution >= 4 is 24.1 Å². The zero-order valence-corrected chi connectivity index (χ0v) is 40.8. The Balaban J connectivity index is 1.11. The third kappa shape index (κ3) is 12.8. The molecule has 1 unspecified atom stereocenters. The number of esters is 2. The number of phenolic OH excluding ortho intramolecular Hbond substituents is 4. The Morgan fingerprint density at radius 1 is 0.590 bits per heavy atom. The van der Waals surface area contributed by atoms with Gasteiger partial charge < -0.3 is 118 Å². The molecule has 8 rings (SSSR count). The van der Waals surface area contributed by atoms with Crippen LogP contribution in [0.3, 0.4) is 0 Å². The standard InChI is InChI=1S/C52H54O26/c1-69-33-15-23(3-11-29(33)57)5-13-39(60)70-20-36-41(62)44(65)47(68)51(76-36)78-49-45(66)42(63)37(21-71-38(59)12-4-22-2-10-28(56)30(58)14-22)77-52(49)74-34-18-27-31(72-48(34)24-6-8-25(54)9-7-24)16-26(55)17-32(27)73-50-46(67)43(64)40(61)35(19-53)75-50/h2-18,35-37,40-47,49-54,56-58,61-68H,19-21H2,1H3/p+1/t35-,36-,37-,40-,41-,42-,43+,44+,45+,46-,47-,49-,50-,51?,52-/m1/s1. The molecule has 4 heterocycles. The van der Waals surface area contributed by atoms with Crippen LogP contribution in [0.15, 0.2) is 100 Å². The summed E-state index contributed by atoms with van der Waals surface area (Å²) >= 11 is 0. The van der Waals surface area contributed by atoms with Crippen LogP contribution in [0.25, 0.3) is 34.8 Å². The van der Waals surface area contributed by atoms with Gasteiger partial charge in [0.25, 0.3) is 0 Å². The molecule has 0 saturated carbocycles. The number of aliphatic hydroxyl groups is 9. The molecular weight excluding hydrogens is 1040 g/mol. The lowest BCUT2D eigenvalue weighted by molar-refractivity contribution is -0.357. The average Bonchev–Trinajstić information content (AvgIpc) is 3.51. The Morgan fingerprint density at radius 3 is 1.86 bits per heavy atom. The molecule has 3 fully saturated rings. The Labute approximate surface area is 440 Å². The van der Waals surface area contributed by atoms with E-state index in [-0.39, 0.29) is 51.4 Å². The van der Waals surface area contributed by atoms with Crippen LogP contribution in [0.1, 0.15) is 11.1 Å². The molecule has 418 valence electrons. The van der Waals surface area contributed by atoms with Gasteiger partial charge in [-0.05, 0) is 77.9 Å². The number of aromatic hydroxyl groups is 4. The Hall–Kier alpha value is -7.41. The topological polar surface area (TPSA) is 415 Å². The summed E-state index contributed by atoms with van der Waals surface area (Å²) in [4.78, 5) is 36.6. The van der Waals surface area contributed by atoms with Crippen molar-refractivity contribution in [2.75, 3.05) is 26.9 Å². The summed E-state index contributed by atoms with van der Waals surface area (Å²) in [6.45, 7) is -2.32. The number of hydrogen-bond donors (Lipinski definition) is 13. The summed E-state index contributed by atoms with van der Waals surface area (Å²) in [5.41, 5.74) is 0.0794. The predicted molar refractivity (Wildman–Crippen MR) is 262 cm³/mol. The van der Waals surface area contributed by atoms with E-state index in [1.807, 2.05) is 0 Å². The Kier molecular flexibility index (Phi) is 17.8. The van der Waals surface area contributed by atoms with Gasteiger partial charge in [-0.15, -0.1) is 0 Å². The van der Waals surface area contributed by atoms with E-state index in [1.54, 1.807) is 0 Å². The number of phenols is 4. The molecular formula is C52H55O26+. The molecule has 3 saturated heterocycles. The van der Waals surface area contributed by atoms with Gasteiger partial charge in [-0.3, -0.25) is 4.79 Å². The summed E-state index contributed by atoms with van der Waals surface area (Å²) in [7, 11) is 1.33. The zero-order valence-electron chi connectivity index (χ0n) is 40.8. The van der Waals surface area contributed by atoms with Crippen molar-refractivity contribution in [3.63, 3.8) is 0 Å². The summed E-state index contributed by atoms with van der Waals surface area (Å²) in [6.07, 6.45) is -23.7. The van der Waals surface area contributed by atoms with Crippen molar-refractivity contribution in [2.45, 2.75) is 92.1 Å². The van der Waals surface area contributed by atoms with E-state index in [1.165, 1.54) is 86.0 Å². The molecule has 0 bridgehead atoms. The third-order valence-corrected chi connectivity index (χ3v) is 12.7. The molecule has 3 aromatic carbocycles. The fourth-order valence-electron chi connectivity index (χ4n) is 8.38. The van der Waals surface area contributed by atoms with E-state index in [0.717, 1.165) is 24.3 Å². The van der Waals surface area contributed by atoms with E-state index in [4.69, 9.17) is 47.0 Å². The lowest BCUT2D eigenvalue weighted by Gasteiger charge is -2.45. The van der Waals surface area contributed by atoms with Gasteiger partial charge >= 0.3 is 11.9 Å². The highest BCUT2D eigenvalue weighted by Gasteiger charge is 2.53. The Morgan fingerprint density at radius 2 is 1.18 bits per heavy atom. The summed E-state index contributed by atoms with van der Waals surface area (Å²) in [5, 5.41) is 138. The summed E-state index contributed by atoms with van der Waals surface area (Å²) < 4.78 is 57.9. The highest BCUT2D eigenvalue weighted by Crippen LogP contribution is 2.44. The predicted octanol–water partition coefficient (Wildman–Crippen LogP) is -1.07. The fourth-order valence-corrected chi connectivity index (χ4v) is 8.38. The van der Waals surface area contributed by atoms with Crippen LogP contribution >= 0.6 is 0 Å². The first kappa shape index (κ1) is 56.8. The monoisotopic (exact) mass is 1100 g/mol. The lowest BCUT2D eigenvalue weighted by Crippen LogP contribution is -2.65. The van der Waals surface area contributed by atoms with Gasteiger partial charge in [-0.2, -0.15) is 0 Å². The minimum absolute atomic E-state index is 0.107. The maximum atomic E-state index is 13.1. The van der Waals surface area contributed by atoms with Gasteiger partial charge in [0.05, 0.1) is 25.4 Å². The molecule has 14 N–H and O–H groups in total. The van der Waals surface area contributed by atoms with Crippen LogP contribution in [0.4, 0.5) is 0 Å². The molecule has 78 heavy (non-hydrogen) atoms. The number of methoxy groups -OCH3 is 1. The minimum Gasteiger partial charge on any atom is -0.508 e. The molecule has 5 aliphatic rings. The number of carbonyl (C=O) groups excluding carboxylic acids is 2. The van der Waals surface area contributed by atoms with Crippen LogP contribution in [-0.2, 0) is 33.2 Å².